The zero-order chi connectivity index (χ0) is 14.3. The number of fused-ring (bicyclic) bond motifs is 2. The molecular formula is C15H21N3S2. The molecule has 2 aliphatic rings. The molecule has 0 saturated heterocycles. The summed E-state index contributed by atoms with van der Waals surface area (Å²) in [5, 5.41) is 13.9. The molecule has 2 bridgehead atoms. The highest BCUT2D eigenvalue weighted by atomic mass is 32.2. The molecule has 3 N–H and O–H groups in total. The molecule has 0 aliphatic heterocycles. The number of hydrogen-bond donors (Lipinski definition) is 2. The molecule has 2 fully saturated rings. The molecule has 3 rings (SSSR count). The molecule has 1 heterocycles. The third kappa shape index (κ3) is 2.29. The molecule has 20 heavy (non-hydrogen) atoms. The van der Waals surface area contributed by atoms with Gasteiger partial charge in [0.05, 0.1) is 10.6 Å². The fourth-order valence-electron chi connectivity index (χ4n) is 4.03. The molecule has 3 nitrogen and oxygen atoms in total. The predicted molar refractivity (Wildman–Crippen MR) is 87.3 cm³/mol. The third-order valence-corrected chi connectivity index (χ3v) is 7.00. The summed E-state index contributed by atoms with van der Waals surface area (Å²) < 4.78 is 0. The maximum Gasteiger partial charge on any atom is 0.131 e. The minimum absolute atomic E-state index is 0.473. The Balaban J connectivity index is 1.76. The molecule has 0 amide bonds. The number of nitriles is 1. The van der Waals surface area contributed by atoms with Crippen LogP contribution in [0, 0.1) is 29.1 Å². The average molecular weight is 307 g/mol. The van der Waals surface area contributed by atoms with Gasteiger partial charge >= 0.3 is 0 Å². The summed E-state index contributed by atoms with van der Waals surface area (Å²) in [5.41, 5.74) is 6.69. The summed E-state index contributed by atoms with van der Waals surface area (Å²) in [6.07, 6.45) is 7.68. The van der Waals surface area contributed by atoms with Gasteiger partial charge in [-0.1, -0.05) is 6.42 Å². The molecule has 0 aromatic carbocycles. The van der Waals surface area contributed by atoms with Gasteiger partial charge in [-0.05, 0) is 50.2 Å². The highest BCUT2D eigenvalue weighted by molar-refractivity contribution is 7.99. The fraction of sp³-hybridized carbons (Fsp3) is 0.667. The van der Waals surface area contributed by atoms with Gasteiger partial charge in [-0.2, -0.15) is 5.26 Å². The van der Waals surface area contributed by atoms with Gasteiger partial charge in [0, 0.05) is 6.04 Å². The van der Waals surface area contributed by atoms with E-state index in [0.717, 1.165) is 27.7 Å². The molecule has 5 heteroatoms. The number of nitrogens with one attached hydrogen (secondary N) is 1. The zero-order valence-electron chi connectivity index (χ0n) is 12.0. The number of nitrogen functional groups attached to an aromatic ring is 1. The predicted octanol–water partition coefficient (Wildman–Crippen LogP) is 4.16. The second-order valence-electron chi connectivity index (χ2n) is 6.09. The largest absolute Gasteiger partial charge is 0.396 e. The summed E-state index contributed by atoms with van der Waals surface area (Å²) in [5.74, 6) is 2.67. The highest BCUT2D eigenvalue weighted by Gasteiger charge is 2.42. The van der Waals surface area contributed by atoms with Crippen LogP contribution < -0.4 is 11.1 Å². The van der Waals surface area contributed by atoms with E-state index >= 15 is 0 Å². The van der Waals surface area contributed by atoms with E-state index in [9.17, 15) is 0 Å². The van der Waals surface area contributed by atoms with Crippen molar-refractivity contribution < 1.29 is 0 Å². The Morgan fingerprint density at radius 1 is 1.45 bits per heavy atom. The Kier molecular flexibility index (Phi) is 3.87. The Bertz CT molecular complexity index is 546. The molecule has 1 aromatic heterocycles. The number of rotatable bonds is 4. The van der Waals surface area contributed by atoms with E-state index in [1.165, 1.54) is 37.0 Å². The van der Waals surface area contributed by atoms with Gasteiger partial charge in [0.1, 0.15) is 15.9 Å². The molecule has 4 atom stereocenters. The third-order valence-electron chi connectivity index (χ3n) is 5.00. The van der Waals surface area contributed by atoms with Crippen LogP contribution in [0.15, 0.2) is 4.90 Å². The lowest BCUT2D eigenvalue weighted by Crippen LogP contribution is -2.29. The lowest BCUT2D eigenvalue weighted by Gasteiger charge is -2.29. The molecule has 0 spiro atoms. The molecule has 4 unspecified atom stereocenters. The summed E-state index contributed by atoms with van der Waals surface area (Å²) in [6, 6.07) is 2.67. The SMILES string of the molecule is CSc1c(NC(C)C2CC3CCC2C3)sc(C#N)c1N. The topological polar surface area (TPSA) is 61.8 Å². The number of thiophene rings is 1. The van der Waals surface area contributed by atoms with Crippen molar-refractivity contribution in [3.63, 3.8) is 0 Å². The van der Waals surface area contributed by atoms with E-state index in [1.54, 1.807) is 11.8 Å². The monoisotopic (exact) mass is 307 g/mol. The first kappa shape index (κ1) is 14.1. The van der Waals surface area contributed by atoms with Gasteiger partial charge in [-0.3, -0.25) is 0 Å². The van der Waals surface area contributed by atoms with Crippen molar-refractivity contribution in [1.29, 1.82) is 5.26 Å². The van der Waals surface area contributed by atoms with E-state index < -0.39 is 0 Å². The van der Waals surface area contributed by atoms with E-state index in [-0.39, 0.29) is 0 Å². The number of nitrogens with zero attached hydrogens (tertiary/aromatic N) is 1. The smallest absolute Gasteiger partial charge is 0.131 e. The first-order valence-electron chi connectivity index (χ1n) is 7.27. The van der Waals surface area contributed by atoms with Crippen LogP contribution in [0.1, 0.15) is 37.5 Å². The van der Waals surface area contributed by atoms with Gasteiger partial charge in [-0.25, -0.2) is 0 Å². The van der Waals surface area contributed by atoms with Gasteiger partial charge in [0.2, 0.25) is 0 Å². The van der Waals surface area contributed by atoms with Crippen LogP contribution in [0.3, 0.4) is 0 Å². The van der Waals surface area contributed by atoms with Crippen molar-refractivity contribution in [2.75, 3.05) is 17.3 Å². The van der Waals surface area contributed by atoms with Gasteiger partial charge in [0.15, 0.2) is 0 Å². The number of hydrogen-bond acceptors (Lipinski definition) is 5. The standard InChI is InChI=1S/C15H21N3S2/c1-8(11-6-9-3-4-10(11)5-9)18-15-14(19-2)13(17)12(7-16)20-15/h8-11,18H,3-6,17H2,1-2H3. The number of anilines is 2. The maximum atomic E-state index is 9.13. The Hall–Kier alpha value is -0.860. The Morgan fingerprint density at radius 2 is 2.25 bits per heavy atom. The van der Waals surface area contributed by atoms with E-state index in [0.29, 0.717) is 16.6 Å². The average Bonchev–Trinajstić information content (AvgIpc) is 3.13. The fourth-order valence-corrected chi connectivity index (χ4v) is 5.94. The molecule has 0 radical (unpaired) electrons. The number of nitrogens with two attached hydrogens (primary N) is 1. The first-order valence-corrected chi connectivity index (χ1v) is 9.31. The lowest BCUT2D eigenvalue weighted by atomic mass is 9.84. The van der Waals surface area contributed by atoms with E-state index in [2.05, 4.69) is 18.3 Å². The minimum atomic E-state index is 0.473. The van der Waals surface area contributed by atoms with Crippen molar-refractivity contribution in [2.24, 2.45) is 17.8 Å². The first-order chi connectivity index (χ1) is 9.63. The van der Waals surface area contributed by atoms with Crippen molar-refractivity contribution in [3.05, 3.63) is 4.88 Å². The molecule has 2 aliphatic carbocycles. The second kappa shape index (κ2) is 5.50. The molecular weight excluding hydrogens is 286 g/mol. The van der Waals surface area contributed by atoms with Crippen LogP contribution >= 0.6 is 23.1 Å². The van der Waals surface area contributed by atoms with Crippen LogP contribution in [-0.4, -0.2) is 12.3 Å². The minimum Gasteiger partial charge on any atom is -0.396 e. The van der Waals surface area contributed by atoms with Crippen LogP contribution in [0.25, 0.3) is 0 Å². The lowest BCUT2D eigenvalue weighted by molar-refractivity contribution is 0.304. The van der Waals surface area contributed by atoms with Crippen LogP contribution in [0.2, 0.25) is 0 Å². The van der Waals surface area contributed by atoms with Crippen LogP contribution in [0.4, 0.5) is 10.7 Å². The molecule has 2 saturated carbocycles. The van der Waals surface area contributed by atoms with Crippen molar-refractivity contribution >= 4 is 33.8 Å². The summed E-state index contributed by atoms with van der Waals surface area (Å²) in [6.45, 7) is 2.29. The Labute approximate surface area is 128 Å². The summed E-state index contributed by atoms with van der Waals surface area (Å²) >= 11 is 3.13. The summed E-state index contributed by atoms with van der Waals surface area (Å²) in [7, 11) is 0. The van der Waals surface area contributed by atoms with Crippen LogP contribution in [0.5, 0.6) is 0 Å². The maximum absolute atomic E-state index is 9.13. The van der Waals surface area contributed by atoms with E-state index in [1.807, 2.05) is 6.26 Å². The van der Waals surface area contributed by atoms with Crippen molar-refractivity contribution in [1.82, 2.24) is 0 Å². The molecule has 108 valence electrons. The normalized spacial score (nSPS) is 29.4. The van der Waals surface area contributed by atoms with Crippen molar-refractivity contribution in [2.45, 2.75) is 43.5 Å². The van der Waals surface area contributed by atoms with Gasteiger partial charge in [0.25, 0.3) is 0 Å². The highest BCUT2D eigenvalue weighted by Crippen LogP contribution is 2.50. The Morgan fingerprint density at radius 3 is 2.80 bits per heavy atom. The second-order valence-corrected chi connectivity index (χ2v) is 7.93. The number of thioether (sulfide) groups is 1. The quantitative estimate of drug-likeness (QED) is 0.820. The van der Waals surface area contributed by atoms with Gasteiger partial charge < -0.3 is 11.1 Å². The molecule has 1 aromatic rings. The van der Waals surface area contributed by atoms with Crippen LogP contribution in [-0.2, 0) is 0 Å². The van der Waals surface area contributed by atoms with E-state index in [4.69, 9.17) is 11.0 Å². The van der Waals surface area contributed by atoms with Crippen molar-refractivity contribution in [3.8, 4) is 6.07 Å². The zero-order valence-corrected chi connectivity index (χ0v) is 13.6. The van der Waals surface area contributed by atoms with Gasteiger partial charge in [-0.15, -0.1) is 23.1 Å². The summed E-state index contributed by atoms with van der Waals surface area (Å²) in [4.78, 5) is 1.68.